The number of amides is 2. The lowest BCUT2D eigenvalue weighted by atomic mass is 10.1. The first kappa shape index (κ1) is 17.4. The van der Waals surface area contributed by atoms with E-state index >= 15 is 0 Å². The Balaban J connectivity index is 1.66. The molecule has 2 rings (SSSR count). The summed E-state index contributed by atoms with van der Waals surface area (Å²) in [6, 6.07) is 19.3. The van der Waals surface area contributed by atoms with Gasteiger partial charge in [-0.15, -0.1) is 0 Å². The summed E-state index contributed by atoms with van der Waals surface area (Å²) in [6.45, 7) is 0. The van der Waals surface area contributed by atoms with Crippen LogP contribution >= 0.6 is 0 Å². The van der Waals surface area contributed by atoms with Crippen molar-refractivity contribution in [3.8, 4) is 0 Å². The van der Waals surface area contributed by atoms with Gasteiger partial charge in [0, 0.05) is 12.8 Å². The summed E-state index contributed by atoms with van der Waals surface area (Å²) in [5.41, 5.74) is 2.12. The Hall–Kier alpha value is -2.95. The molecular weight excluding hydrogens is 302 g/mol. The highest BCUT2D eigenvalue weighted by molar-refractivity contribution is 6.03. The quantitative estimate of drug-likeness (QED) is 0.563. The second kappa shape index (κ2) is 9.25. The molecule has 0 aromatic heterocycles. The average Bonchev–Trinajstić information content (AvgIpc) is 2.60. The van der Waals surface area contributed by atoms with Crippen LogP contribution in [-0.2, 0) is 22.4 Å². The predicted octanol–water partition coefficient (Wildman–Crippen LogP) is 2.42. The van der Waals surface area contributed by atoms with E-state index in [0.29, 0.717) is 12.8 Å². The van der Waals surface area contributed by atoms with Gasteiger partial charge in [0.05, 0.1) is 0 Å². The van der Waals surface area contributed by atoms with Crippen LogP contribution in [0.4, 0.5) is 0 Å². The SMILES string of the molecule is N=C(NC(=O)CCc1ccccc1)NC(=O)CCc1ccccc1. The van der Waals surface area contributed by atoms with Crippen molar-refractivity contribution in [1.82, 2.24) is 10.6 Å². The third kappa shape index (κ3) is 6.44. The molecule has 2 amide bonds. The number of rotatable bonds is 6. The van der Waals surface area contributed by atoms with Gasteiger partial charge in [0.2, 0.25) is 17.8 Å². The molecule has 0 bridgehead atoms. The Morgan fingerprint density at radius 3 is 1.46 bits per heavy atom. The van der Waals surface area contributed by atoms with E-state index < -0.39 is 0 Å². The van der Waals surface area contributed by atoms with Crippen LogP contribution in [0.25, 0.3) is 0 Å². The summed E-state index contributed by atoms with van der Waals surface area (Å²) < 4.78 is 0. The monoisotopic (exact) mass is 323 g/mol. The van der Waals surface area contributed by atoms with Crippen LogP contribution in [0.15, 0.2) is 60.7 Å². The maximum absolute atomic E-state index is 11.8. The lowest BCUT2D eigenvalue weighted by molar-refractivity contribution is -0.120. The average molecular weight is 323 g/mol. The van der Waals surface area contributed by atoms with Gasteiger partial charge in [0.15, 0.2) is 0 Å². The third-order valence-electron chi connectivity index (χ3n) is 3.50. The van der Waals surface area contributed by atoms with E-state index in [1.54, 1.807) is 0 Å². The lowest BCUT2D eigenvalue weighted by Gasteiger charge is -2.08. The minimum absolute atomic E-state index is 0.270. The summed E-state index contributed by atoms with van der Waals surface area (Å²) in [6.07, 6.45) is 1.74. The van der Waals surface area contributed by atoms with E-state index in [0.717, 1.165) is 11.1 Å². The number of carbonyl (C=O) groups excluding carboxylic acids is 2. The molecular formula is C19H21N3O2. The highest BCUT2D eigenvalue weighted by atomic mass is 16.2. The number of aryl methyl sites for hydroxylation is 2. The molecule has 0 unspecified atom stereocenters. The first-order valence-corrected chi connectivity index (χ1v) is 7.89. The van der Waals surface area contributed by atoms with Gasteiger partial charge in [-0.05, 0) is 24.0 Å². The van der Waals surface area contributed by atoms with E-state index in [9.17, 15) is 9.59 Å². The molecule has 0 aliphatic heterocycles. The third-order valence-corrected chi connectivity index (χ3v) is 3.50. The smallest absolute Gasteiger partial charge is 0.226 e. The standard InChI is InChI=1S/C19H21N3O2/c20-19(21-17(23)13-11-15-7-3-1-4-8-15)22-18(24)14-12-16-9-5-2-6-10-16/h1-10H,11-14H2,(H3,20,21,22,23,24). The molecule has 2 aromatic rings. The zero-order chi connectivity index (χ0) is 17.2. The molecule has 0 saturated carbocycles. The largest absolute Gasteiger partial charge is 0.297 e. The van der Waals surface area contributed by atoms with Crippen molar-refractivity contribution in [2.75, 3.05) is 0 Å². The highest BCUT2D eigenvalue weighted by Gasteiger charge is 2.09. The van der Waals surface area contributed by atoms with E-state index in [4.69, 9.17) is 5.41 Å². The Bertz CT molecular complexity index is 625. The number of carbonyl (C=O) groups is 2. The van der Waals surface area contributed by atoms with Crippen molar-refractivity contribution in [3.63, 3.8) is 0 Å². The molecule has 0 atom stereocenters. The van der Waals surface area contributed by atoms with E-state index in [1.807, 2.05) is 60.7 Å². The normalized spacial score (nSPS) is 10.0. The second-order valence-electron chi connectivity index (χ2n) is 5.44. The van der Waals surface area contributed by atoms with Gasteiger partial charge in [-0.2, -0.15) is 0 Å². The molecule has 0 saturated heterocycles. The summed E-state index contributed by atoms with van der Waals surface area (Å²) in [4.78, 5) is 23.6. The first-order valence-electron chi connectivity index (χ1n) is 7.89. The molecule has 0 fully saturated rings. The first-order chi connectivity index (χ1) is 11.6. The molecule has 0 aliphatic rings. The molecule has 24 heavy (non-hydrogen) atoms. The molecule has 0 spiro atoms. The summed E-state index contributed by atoms with van der Waals surface area (Å²) in [5, 5.41) is 12.4. The second-order valence-corrected chi connectivity index (χ2v) is 5.44. The molecule has 124 valence electrons. The number of hydrogen-bond donors (Lipinski definition) is 3. The van der Waals surface area contributed by atoms with Gasteiger partial charge < -0.3 is 0 Å². The topological polar surface area (TPSA) is 82.1 Å². The fourth-order valence-electron chi connectivity index (χ4n) is 2.24. The summed E-state index contributed by atoms with van der Waals surface area (Å²) in [5.74, 6) is -0.842. The molecule has 0 aliphatic carbocycles. The van der Waals surface area contributed by atoms with E-state index in [1.165, 1.54) is 0 Å². The van der Waals surface area contributed by atoms with Crippen molar-refractivity contribution >= 4 is 17.8 Å². The van der Waals surface area contributed by atoms with E-state index in [-0.39, 0.29) is 30.6 Å². The Morgan fingerprint density at radius 1 is 0.708 bits per heavy atom. The fraction of sp³-hybridized carbons (Fsp3) is 0.211. The Labute approximate surface area is 141 Å². The Morgan fingerprint density at radius 2 is 1.08 bits per heavy atom. The number of nitrogens with one attached hydrogen (secondary N) is 3. The van der Waals surface area contributed by atoms with Crippen LogP contribution in [0.2, 0.25) is 0 Å². The highest BCUT2D eigenvalue weighted by Crippen LogP contribution is 2.03. The molecule has 0 heterocycles. The van der Waals surface area contributed by atoms with Gasteiger partial charge in [0.1, 0.15) is 0 Å². The van der Waals surface area contributed by atoms with Crippen molar-refractivity contribution < 1.29 is 9.59 Å². The van der Waals surface area contributed by atoms with Crippen LogP contribution in [0.5, 0.6) is 0 Å². The van der Waals surface area contributed by atoms with Crippen molar-refractivity contribution in [1.29, 1.82) is 5.41 Å². The van der Waals surface area contributed by atoms with Gasteiger partial charge in [-0.1, -0.05) is 60.7 Å². The van der Waals surface area contributed by atoms with Crippen LogP contribution < -0.4 is 10.6 Å². The molecule has 3 N–H and O–H groups in total. The van der Waals surface area contributed by atoms with Crippen LogP contribution in [0.1, 0.15) is 24.0 Å². The lowest BCUT2D eigenvalue weighted by Crippen LogP contribution is -2.43. The minimum Gasteiger partial charge on any atom is -0.297 e. The summed E-state index contributed by atoms with van der Waals surface area (Å²) in [7, 11) is 0. The fourth-order valence-corrected chi connectivity index (χ4v) is 2.24. The van der Waals surface area contributed by atoms with Crippen LogP contribution in [0.3, 0.4) is 0 Å². The molecule has 2 aromatic carbocycles. The number of benzene rings is 2. The van der Waals surface area contributed by atoms with Gasteiger partial charge in [-0.25, -0.2) is 0 Å². The van der Waals surface area contributed by atoms with Gasteiger partial charge in [0.25, 0.3) is 0 Å². The van der Waals surface area contributed by atoms with Crippen LogP contribution in [-0.4, -0.2) is 17.8 Å². The minimum atomic E-state index is -0.285. The maximum atomic E-state index is 11.8. The van der Waals surface area contributed by atoms with Gasteiger partial charge in [-0.3, -0.25) is 25.6 Å². The predicted molar refractivity (Wildman–Crippen MR) is 93.5 cm³/mol. The number of hydrogen-bond acceptors (Lipinski definition) is 3. The van der Waals surface area contributed by atoms with Gasteiger partial charge >= 0.3 is 0 Å². The van der Waals surface area contributed by atoms with Crippen molar-refractivity contribution in [3.05, 3.63) is 71.8 Å². The number of guanidine groups is 1. The zero-order valence-corrected chi connectivity index (χ0v) is 13.4. The van der Waals surface area contributed by atoms with Crippen molar-refractivity contribution in [2.24, 2.45) is 0 Å². The maximum Gasteiger partial charge on any atom is 0.226 e. The zero-order valence-electron chi connectivity index (χ0n) is 13.4. The molecule has 5 nitrogen and oxygen atoms in total. The van der Waals surface area contributed by atoms with Crippen molar-refractivity contribution in [2.45, 2.75) is 25.7 Å². The molecule has 5 heteroatoms. The molecule has 0 radical (unpaired) electrons. The Kier molecular flexibility index (Phi) is 6.71. The van der Waals surface area contributed by atoms with Crippen LogP contribution in [0, 0.1) is 5.41 Å². The summed E-state index contributed by atoms with van der Waals surface area (Å²) >= 11 is 0. The van der Waals surface area contributed by atoms with E-state index in [2.05, 4.69) is 10.6 Å².